The molecule has 5 nitrogen and oxygen atoms in total. The van der Waals surface area contributed by atoms with E-state index < -0.39 is 0 Å². The summed E-state index contributed by atoms with van der Waals surface area (Å²) >= 11 is 7.25. The summed E-state index contributed by atoms with van der Waals surface area (Å²) in [5, 5.41) is 12.5. The Hall–Kier alpha value is -3.16. The van der Waals surface area contributed by atoms with Gasteiger partial charge in [-0.2, -0.15) is 0 Å². The summed E-state index contributed by atoms with van der Waals surface area (Å²) in [4.78, 5) is 12.3. The van der Waals surface area contributed by atoms with E-state index in [1.165, 1.54) is 23.9 Å². The highest BCUT2D eigenvalue weighted by atomic mass is 35.5. The molecule has 0 aliphatic rings. The lowest BCUT2D eigenvalue weighted by atomic mass is 10.2. The quantitative estimate of drug-likeness (QED) is 0.406. The van der Waals surface area contributed by atoms with E-state index in [4.69, 9.17) is 11.6 Å². The molecule has 150 valence electrons. The van der Waals surface area contributed by atoms with Gasteiger partial charge in [0.15, 0.2) is 11.0 Å². The fourth-order valence-electron chi connectivity index (χ4n) is 2.82. The number of anilines is 1. The molecule has 0 radical (unpaired) electrons. The number of benzene rings is 3. The number of para-hydroxylation sites is 1. The number of nitrogens with zero attached hydrogens (tertiary/aromatic N) is 3. The first-order valence-electron chi connectivity index (χ1n) is 9.05. The fourth-order valence-corrected chi connectivity index (χ4v) is 3.70. The SMILES string of the molecule is O=C(CSc1nnc(-c2ccc(Cl)cc2)n1-c1ccc(F)cc1)Nc1ccccc1. The molecule has 0 aliphatic carbocycles. The summed E-state index contributed by atoms with van der Waals surface area (Å²) in [6, 6.07) is 22.5. The number of carbonyl (C=O) groups excluding carboxylic acids is 1. The molecule has 1 N–H and O–H groups in total. The van der Waals surface area contributed by atoms with Gasteiger partial charge in [0.2, 0.25) is 5.91 Å². The second-order valence-electron chi connectivity index (χ2n) is 6.33. The lowest BCUT2D eigenvalue weighted by Crippen LogP contribution is -2.14. The Morgan fingerprint density at radius 2 is 1.67 bits per heavy atom. The molecule has 0 saturated carbocycles. The highest BCUT2D eigenvalue weighted by Gasteiger charge is 2.17. The summed E-state index contributed by atoms with van der Waals surface area (Å²) in [5.41, 5.74) is 2.22. The van der Waals surface area contributed by atoms with Crippen LogP contribution in [0.1, 0.15) is 0 Å². The number of halogens is 2. The molecule has 1 heterocycles. The van der Waals surface area contributed by atoms with Gasteiger partial charge in [-0.15, -0.1) is 10.2 Å². The van der Waals surface area contributed by atoms with E-state index in [2.05, 4.69) is 15.5 Å². The predicted octanol–water partition coefficient (Wildman–Crippen LogP) is 5.46. The third-order valence-corrected chi connectivity index (χ3v) is 5.39. The molecule has 0 spiro atoms. The lowest BCUT2D eigenvalue weighted by Gasteiger charge is -2.11. The Balaban J connectivity index is 1.61. The van der Waals surface area contributed by atoms with E-state index in [9.17, 15) is 9.18 Å². The van der Waals surface area contributed by atoms with Gasteiger partial charge >= 0.3 is 0 Å². The number of thioether (sulfide) groups is 1. The molecule has 0 unspecified atom stereocenters. The van der Waals surface area contributed by atoms with Gasteiger partial charge in [-0.3, -0.25) is 9.36 Å². The van der Waals surface area contributed by atoms with Crippen molar-refractivity contribution in [2.24, 2.45) is 0 Å². The Bertz CT molecular complexity index is 1150. The first-order valence-corrected chi connectivity index (χ1v) is 10.4. The van der Waals surface area contributed by atoms with Gasteiger partial charge in [-0.1, -0.05) is 41.6 Å². The van der Waals surface area contributed by atoms with Crippen molar-refractivity contribution >= 4 is 35.0 Å². The van der Waals surface area contributed by atoms with Gasteiger partial charge in [0.25, 0.3) is 0 Å². The van der Waals surface area contributed by atoms with Gasteiger partial charge in [-0.05, 0) is 60.7 Å². The van der Waals surface area contributed by atoms with Crippen LogP contribution >= 0.6 is 23.4 Å². The molecule has 0 atom stereocenters. The van der Waals surface area contributed by atoms with Crippen LogP contribution in [0.2, 0.25) is 5.02 Å². The van der Waals surface area contributed by atoms with E-state index in [1.807, 2.05) is 42.5 Å². The first kappa shape index (κ1) is 20.1. The van der Waals surface area contributed by atoms with Gasteiger partial charge in [0.1, 0.15) is 5.82 Å². The fraction of sp³-hybridized carbons (Fsp3) is 0.0455. The maximum Gasteiger partial charge on any atom is 0.234 e. The average Bonchev–Trinajstić information content (AvgIpc) is 3.18. The Labute approximate surface area is 181 Å². The van der Waals surface area contributed by atoms with Crippen LogP contribution in [0.15, 0.2) is 84.0 Å². The van der Waals surface area contributed by atoms with Crippen LogP contribution in [0, 0.1) is 5.82 Å². The molecule has 3 aromatic carbocycles. The third-order valence-electron chi connectivity index (χ3n) is 4.21. The Morgan fingerprint density at radius 1 is 0.967 bits per heavy atom. The normalized spacial score (nSPS) is 10.7. The second kappa shape index (κ2) is 9.11. The van der Waals surface area contributed by atoms with Gasteiger partial charge < -0.3 is 5.32 Å². The molecule has 1 amide bonds. The zero-order valence-corrected chi connectivity index (χ0v) is 17.2. The van der Waals surface area contributed by atoms with E-state index >= 15 is 0 Å². The van der Waals surface area contributed by atoms with Crippen molar-refractivity contribution < 1.29 is 9.18 Å². The largest absolute Gasteiger partial charge is 0.325 e. The number of nitrogens with one attached hydrogen (secondary N) is 1. The lowest BCUT2D eigenvalue weighted by molar-refractivity contribution is -0.113. The van der Waals surface area contributed by atoms with E-state index in [1.54, 1.807) is 28.8 Å². The summed E-state index contributed by atoms with van der Waals surface area (Å²) in [6.07, 6.45) is 0. The van der Waals surface area contributed by atoms with Crippen LogP contribution < -0.4 is 5.32 Å². The van der Waals surface area contributed by atoms with Crippen LogP contribution in [-0.2, 0) is 4.79 Å². The Kier molecular flexibility index (Phi) is 6.11. The van der Waals surface area contributed by atoms with Crippen molar-refractivity contribution in [2.45, 2.75) is 5.16 Å². The van der Waals surface area contributed by atoms with Crippen molar-refractivity contribution in [1.82, 2.24) is 14.8 Å². The summed E-state index contributed by atoms with van der Waals surface area (Å²) in [6.45, 7) is 0. The zero-order valence-electron chi connectivity index (χ0n) is 15.6. The molecule has 0 fully saturated rings. The minimum absolute atomic E-state index is 0.148. The van der Waals surface area contributed by atoms with Crippen molar-refractivity contribution in [1.29, 1.82) is 0 Å². The first-order chi connectivity index (χ1) is 14.6. The molecule has 0 aliphatic heterocycles. The molecule has 0 saturated heterocycles. The predicted molar refractivity (Wildman–Crippen MR) is 118 cm³/mol. The maximum atomic E-state index is 13.4. The monoisotopic (exact) mass is 438 g/mol. The molecule has 8 heteroatoms. The maximum absolute atomic E-state index is 13.4. The van der Waals surface area contributed by atoms with Gasteiger partial charge in [0.05, 0.1) is 5.75 Å². The molecular formula is C22H16ClFN4OS. The van der Waals surface area contributed by atoms with Gasteiger partial charge in [-0.25, -0.2) is 4.39 Å². The minimum atomic E-state index is -0.337. The topological polar surface area (TPSA) is 59.8 Å². The minimum Gasteiger partial charge on any atom is -0.325 e. The van der Waals surface area contributed by atoms with Crippen molar-refractivity contribution in [3.05, 3.63) is 89.7 Å². The molecule has 4 rings (SSSR count). The second-order valence-corrected chi connectivity index (χ2v) is 7.71. The number of amides is 1. The zero-order chi connectivity index (χ0) is 20.9. The van der Waals surface area contributed by atoms with Crippen LogP contribution in [0.5, 0.6) is 0 Å². The van der Waals surface area contributed by atoms with E-state index in [0.717, 1.165) is 11.3 Å². The number of hydrogen-bond acceptors (Lipinski definition) is 4. The molecular weight excluding hydrogens is 423 g/mol. The number of aromatic nitrogens is 3. The number of hydrogen-bond donors (Lipinski definition) is 1. The Morgan fingerprint density at radius 3 is 2.37 bits per heavy atom. The molecule has 30 heavy (non-hydrogen) atoms. The van der Waals surface area contributed by atoms with Crippen LogP contribution in [0.4, 0.5) is 10.1 Å². The number of carbonyl (C=O) groups is 1. The highest BCUT2D eigenvalue weighted by molar-refractivity contribution is 7.99. The average molecular weight is 439 g/mol. The molecule has 1 aromatic heterocycles. The van der Waals surface area contributed by atoms with Crippen molar-refractivity contribution in [2.75, 3.05) is 11.1 Å². The smallest absolute Gasteiger partial charge is 0.234 e. The summed E-state index contributed by atoms with van der Waals surface area (Å²) < 4.78 is 15.2. The summed E-state index contributed by atoms with van der Waals surface area (Å²) in [7, 11) is 0. The van der Waals surface area contributed by atoms with E-state index in [-0.39, 0.29) is 17.5 Å². The molecule has 0 bridgehead atoms. The van der Waals surface area contributed by atoms with Crippen molar-refractivity contribution in [3.63, 3.8) is 0 Å². The third kappa shape index (κ3) is 4.69. The van der Waals surface area contributed by atoms with Crippen LogP contribution in [0.25, 0.3) is 17.1 Å². The van der Waals surface area contributed by atoms with Gasteiger partial charge in [0, 0.05) is 22.0 Å². The summed E-state index contributed by atoms with van der Waals surface area (Å²) in [5.74, 6) is 0.225. The molecule has 4 aromatic rings. The van der Waals surface area contributed by atoms with Crippen LogP contribution in [0.3, 0.4) is 0 Å². The standard InChI is InChI=1S/C22H16ClFN4OS/c23-16-8-6-15(7-9-16)21-26-27-22(28(21)19-12-10-17(24)11-13-19)30-14-20(29)25-18-4-2-1-3-5-18/h1-13H,14H2,(H,25,29). The van der Waals surface area contributed by atoms with Crippen molar-refractivity contribution in [3.8, 4) is 17.1 Å². The number of rotatable bonds is 6. The highest BCUT2D eigenvalue weighted by Crippen LogP contribution is 2.29. The van der Waals surface area contributed by atoms with Crippen LogP contribution in [-0.4, -0.2) is 26.4 Å². The van der Waals surface area contributed by atoms with E-state index in [0.29, 0.717) is 21.7 Å².